The third-order valence-electron chi connectivity index (χ3n) is 4.78. The highest BCUT2D eigenvalue weighted by atomic mass is 127. The van der Waals surface area contributed by atoms with Crippen LogP contribution >= 0.6 is 24.0 Å². The van der Waals surface area contributed by atoms with Gasteiger partial charge in [-0.05, 0) is 29.9 Å². The average molecular weight is 486 g/mol. The first-order valence-electron chi connectivity index (χ1n) is 9.89. The number of rotatable bonds is 9. The van der Waals surface area contributed by atoms with Crippen LogP contribution in [0.4, 0.5) is 0 Å². The number of benzene rings is 1. The Kier molecular flexibility index (Phi) is 11.4. The summed E-state index contributed by atoms with van der Waals surface area (Å²) in [6.07, 6.45) is 5.07. The van der Waals surface area contributed by atoms with Crippen molar-refractivity contribution in [1.29, 1.82) is 0 Å². The van der Waals surface area contributed by atoms with E-state index < -0.39 is 0 Å². The minimum absolute atomic E-state index is 0. The summed E-state index contributed by atoms with van der Waals surface area (Å²) in [5, 5.41) is 6.64. The van der Waals surface area contributed by atoms with Crippen LogP contribution in [0.2, 0.25) is 0 Å². The number of unbranched alkanes of at least 4 members (excludes halogenated alkanes) is 1. The summed E-state index contributed by atoms with van der Waals surface area (Å²) in [6, 6.07) is 8.30. The summed E-state index contributed by atoms with van der Waals surface area (Å²) in [6.45, 7) is 7.73. The molecule has 152 valence electrons. The summed E-state index contributed by atoms with van der Waals surface area (Å²) >= 11 is 0. The van der Waals surface area contributed by atoms with Gasteiger partial charge in [0.1, 0.15) is 0 Å². The Morgan fingerprint density at radius 3 is 2.22 bits per heavy atom. The van der Waals surface area contributed by atoms with Crippen molar-refractivity contribution in [1.82, 2.24) is 15.5 Å². The molecule has 0 aliphatic carbocycles. The maximum atomic E-state index is 12.4. The van der Waals surface area contributed by atoms with E-state index in [9.17, 15) is 4.79 Å². The van der Waals surface area contributed by atoms with Crippen molar-refractivity contribution >= 4 is 35.8 Å². The number of fused-ring (bicyclic) bond motifs is 1. The summed E-state index contributed by atoms with van der Waals surface area (Å²) in [7, 11) is 1.79. The van der Waals surface area contributed by atoms with Gasteiger partial charge in [0.15, 0.2) is 5.96 Å². The van der Waals surface area contributed by atoms with Gasteiger partial charge in [-0.25, -0.2) is 0 Å². The van der Waals surface area contributed by atoms with Crippen molar-refractivity contribution in [2.45, 2.75) is 59.0 Å². The Hall–Kier alpha value is -1.31. The smallest absolute Gasteiger partial charge is 0.223 e. The topological polar surface area (TPSA) is 56.7 Å². The van der Waals surface area contributed by atoms with Crippen LogP contribution in [0.3, 0.4) is 0 Å². The van der Waals surface area contributed by atoms with E-state index in [1.165, 1.54) is 24.0 Å². The number of carbonyl (C=O) groups is 1. The second kappa shape index (κ2) is 13.0. The molecule has 1 aliphatic rings. The van der Waals surface area contributed by atoms with Gasteiger partial charge in [0.2, 0.25) is 5.91 Å². The molecule has 0 atom stereocenters. The maximum absolute atomic E-state index is 12.4. The number of carbonyl (C=O) groups excluding carboxylic acids is 1. The minimum atomic E-state index is 0. The van der Waals surface area contributed by atoms with Crippen LogP contribution in [-0.2, 0) is 17.9 Å². The fourth-order valence-corrected chi connectivity index (χ4v) is 3.22. The molecule has 1 aromatic rings. The average Bonchev–Trinajstić information content (AvgIpc) is 3.07. The molecule has 1 amide bonds. The standard InChI is InChI=1S/C21H34N4O.HI/c1-17(2)9-6-7-13-23-21(22-3)24-14-8-12-20(26)25-15-18-10-4-5-11-19(18)16-25;/h4-5,10-11,17H,6-9,12-16H2,1-3H3,(H2,22,23,24);1H. The molecule has 1 aliphatic heterocycles. The monoisotopic (exact) mass is 486 g/mol. The lowest BCUT2D eigenvalue weighted by atomic mass is 10.1. The largest absolute Gasteiger partial charge is 0.356 e. The molecule has 5 nitrogen and oxygen atoms in total. The Morgan fingerprint density at radius 1 is 1.07 bits per heavy atom. The maximum Gasteiger partial charge on any atom is 0.223 e. The van der Waals surface area contributed by atoms with Gasteiger partial charge in [0.25, 0.3) is 0 Å². The molecule has 0 spiro atoms. The quantitative estimate of drug-likeness (QED) is 0.241. The Labute approximate surface area is 181 Å². The summed E-state index contributed by atoms with van der Waals surface area (Å²) < 4.78 is 0. The van der Waals surface area contributed by atoms with E-state index in [4.69, 9.17) is 0 Å². The zero-order chi connectivity index (χ0) is 18.8. The predicted octanol–water partition coefficient (Wildman–Crippen LogP) is 3.92. The molecule has 1 heterocycles. The molecule has 0 saturated carbocycles. The molecule has 6 heteroatoms. The molecule has 27 heavy (non-hydrogen) atoms. The number of hydrogen-bond donors (Lipinski definition) is 2. The van der Waals surface area contributed by atoms with E-state index >= 15 is 0 Å². The number of guanidine groups is 1. The van der Waals surface area contributed by atoms with Crippen LogP contribution in [0, 0.1) is 5.92 Å². The number of nitrogens with one attached hydrogen (secondary N) is 2. The summed E-state index contributed by atoms with van der Waals surface area (Å²) in [4.78, 5) is 18.6. The lowest BCUT2D eigenvalue weighted by Crippen LogP contribution is -2.38. The number of hydrogen-bond acceptors (Lipinski definition) is 2. The van der Waals surface area contributed by atoms with Crippen molar-refractivity contribution in [3.8, 4) is 0 Å². The van der Waals surface area contributed by atoms with Crippen molar-refractivity contribution in [3.63, 3.8) is 0 Å². The van der Waals surface area contributed by atoms with Gasteiger partial charge in [-0.3, -0.25) is 9.79 Å². The molecule has 0 radical (unpaired) electrons. The lowest BCUT2D eigenvalue weighted by molar-refractivity contribution is -0.131. The van der Waals surface area contributed by atoms with Crippen molar-refractivity contribution in [2.75, 3.05) is 20.1 Å². The minimum Gasteiger partial charge on any atom is -0.356 e. The third kappa shape index (κ3) is 8.49. The third-order valence-corrected chi connectivity index (χ3v) is 4.78. The van der Waals surface area contributed by atoms with Gasteiger partial charge in [-0.15, -0.1) is 24.0 Å². The molecule has 0 aromatic heterocycles. The van der Waals surface area contributed by atoms with E-state index in [0.717, 1.165) is 50.9 Å². The zero-order valence-corrected chi connectivity index (χ0v) is 19.3. The van der Waals surface area contributed by atoms with Gasteiger partial charge in [-0.1, -0.05) is 51.0 Å². The van der Waals surface area contributed by atoms with Crippen LogP contribution in [0.25, 0.3) is 0 Å². The Balaban J connectivity index is 0.00000364. The van der Waals surface area contributed by atoms with Gasteiger partial charge in [0, 0.05) is 39.6 Å². The van der Waals surface area contributed by atoms with Gasteiger partial charge >= 0.3 is 0 Å². The SMILES string of the molecule is CN=C(NCCCCC(C)C)NCCCC(=O)N1Cc2ccccc2C1.I. The first kappa shape index (κ1) is 23.7. The van der Waals surface area contributed by atoms with E-state index in [1.807, 2.05) is 17.0 Å². The van der Waals surface area contributed by atoms with E-state index in [1.54, 1.807) is 7.05 Å². The van der Waals surface area contributed by atoms with E-state index in [0.29, 0.717) is 6.42 Å². The number of halogens is 1. The van der Waals surface area contributed by atoms with E-state index in [-0.39, 0.29) is 29.9 Å². The van der Waals surface area contributed by atoms with E-state index in [2.05, 4.69) is 41.6 Å². The van der Waals surface area contributed by atoms with Crippen LogP contribution in [0.5, 0.6) is 0 Å². The van der Waals surface area contributed by atoms with Crippen LogP contribution in [-0.4, -0.2) is 36.9 Å². The van der Waals surface area contributed by atoms with Gasteiger partial charge in [-0.2, -0.15) is 0 Å². The molecule has 1 aromatic carbocycles. The molecule has 2 rings (SSSR count). The predicted molar refractivity (Wildman–Crippen MR) is 123 cm³/mol. The zero-order valence-electron chi connectivity index (χ0n) is 17.0. The second-order valence-corrected chi connectivity index (χ2v) is 7.44. The van der Waals surface area contributed by atoms with Crippen molar-refractivity contribution in [2.24, 2.45) is 10.9 Å². The first-order chi connectivity index (χ1) is 12.6. The van der Waals surface area contributed by atoms with Gasteiger partial charge < -0.3 is 15.5 Å². The Morgan fingerprint density at radius 2 is 1.67 bits per heavy atom. The normalized spacial score (nSPS) is 13.3. The van der Waals surface area contributed by atoms with Crippen molar-refractivity contribution < 1.29 is 4.79 Å². The number of amides is 1. The second-order valence-electron chi connectivity index (χ2n) is 7.44. The molecule has 0 fully saturated rings. The summed E-state index contributed by atoms with van der Waals surface area (Å²) in [5.41, 5.74) is 2.56. The molecule has 0 unspecified atom stereocenters. The fraction of sp³-hybridized carbons (Fsp3) is 0.619. The highest BCUT2D eigenvalue weighted by Crippen LogP contribution is 2.22. The van der Waals surface area contributed by atoms with Gasteiger partial charge in [0.05, 0.1) is 0 Å². The lowest BCUT2D eigenvalue weighted by Gasteiger charge is -2.16. The first-order valence-corrected chi connectivity index (χ1v) is 9.89. The fourth-order valence-electron chi connectivity index (χ4n) is 3.22. The molecule has 2 N–H and O–H groups in total. The van der Waals surface area contributed by atoms with Crippen molar-refractivity contribution in [3.05, 3.63) is 35.4 Å². The summed E-state index contributed by atoms with van der Waals surface area (Å²) in [5.74, 6) is 1.84. The molecule has 0 bridgehead atoms. The highest BCUT2D eigenvalue weighted by molar-refractivity contribution is 14.0. The number of aliphatic imine (C=N–C) groups is 1. The molecular formula is C21H35IN4O. The Bertz CT molecular complexity index is 579. The number of nitrogens with zero attached hydrogens (tertiary/aromatic N) is 2. The van der Waals surface area contributed by atoms with Crippen LogP contribution in [0.15, 0.2) is 29.3 Å². The van der Waals surface area contributed by atoms with Crippen LogP contribution in [0.1, 0.15) is 57.1 Å². The molecular weight excluding hydrogens is 451 g/mol. The highest BCUT2D eigenvalue weighted by Gasteiger charge is 2.22. The van der Waals surface area contributed by atoms with Crippen LogP contribution < -0.4 is 10.6 Å². The molecule has 0 saturated heterocycles.